The van der Waals surface area contributed by atoms with Gasteiger partial charge in [-0.15, -0.1) is 10.2 Å². The minimum Gasteiger partial charge on any atom is -0.391 e. The first-order chi connectivity index (χ1) is 12.2. The van der Waals surface area contributed by atoms with Crippen LogP contribution in [0.5, 0.6) is 0 Å². The molecule has 0 spiro atoms. The van der Waals surface area contributed by atoms with Crippen LogP contribution in [0.3, 0.4) is 0 Å². The molecule has 0 unspecified atom stereocenters. The Morgan fingerprint density at radius 3 is 2.73 bits per heavy atom. The second-order valence-electron chi connectivity index (χ2n) is 6.25. The topological polar surface area (TPSA) is 133 Å². The summed E-state index contributed by atoms with van der Waals surface area (Å²) in [4.78, 5) is 23.7. The molecule has 3 atom stereocenters. The number of carbonyl (C=O) groups excluding carboxylic acids is 2. The van der Waals surface area contributed by atoms with E-state index in [9.17, 15) is 27.9 Å². The summed E-state index contributed by atoms with van der Waals surface area (Å²) in [5, 5.41) is 28.4. The van der Waals surface area contributed by atoms with Crippen LogP contribution in [0.4, 0.5) is 13.2 Å². The number of alkyl halides is 3. The zero-order valence-corrected chi connectivity index (χ0v) is 13.9. The van der Waals surface area contributed by atoms with Crippen LogP contribution >= 0.6 is 0 Å². The second kappa shape index (κ2) is 8.92. The standard InChI is InChI=1S/C14H21F3N6O3/c15-14(16,17)4-3-12(25)19-9-6-8(7-10(9)24)13(26)18-5-1-2-11-20-22-23-21-11/h8-10,24H,1-7H2,(H,18,26)(H,19,25)(H,20,21,22,23)/t8-,9-,10-/m0/s1. The van der Waals surface area contributed by atoms with Crippen molar-refractivity contribution in [2.24, 2.45) is 5.92 Å². The van der Waals surface area contributed by atoms with E-state index < -0.39 is 43.0 Å². The van der Waals surface area contributed by atoms with Crippen LogP contribution in [-0.4, -0.2) is 62.4 Å². The molecule has 12 heteroatoms. The Morgan fingerprint density at radius 2 is 2.08 bits per heavy atom. The number of nitrogens with zero attached hydrogens (tertiary/aromatic N) is 3. The van der Waals surface area contributed by atoms with Gasteiger partial charge in [0.15, 0.2) is 5.82 Å². The van der Waals surface area contributed by atoms with Gasteiger partial charge in [0.1, 0.15) is 0 Å². The van der Waals surface area contributed by atoms with Crippen molar-refractivity contribution >= 4 is 11.8 Å². The van der Waals surface area contributed by atoms with E-state index in [0.717, 1.165) is 0 Å². The number of aryl methyl sites for hydroxylation is 1. The van der Waals surface area contributed by atoms with Crippen LogP contribution < -0.4 is 10.6 Å². The van der Waals surface area contributed by atoms with Gasteiger partial charge >= 0.3 is 6.18 Å². The van der Waals surface area contributed by atoms with Crippen LogP contribution in [0.2, 0.25) is 0 Å². The number of aromatic amines is 1. The van der Waals surface area contributed by atoms with E-state index in [1.54, 1.807) is 0 Å². The third kappa shape index (κ3) is 6.58. The van der Waals surface area contributed by atoms with Gasteiger partial charge in [-0.25, -0.2) is 0 Å². The van der Waals surface area contributed by atoms with E-state index >= 15 is 0 Å². The Morgan fingerprint density at radius 1 is 1.31 bits per heavy atom. The predicted octanol–water partition coefficient (Wildman–Crippen LogP) is -0.153. The molecule has 146 valence electrons. The van der Waals surface area contributed by atoms with Gasteiger partial charge in [-0.2, -0.15) is 18.4 Å². The molecule has 26 heavy (non-hydrogen) atoms. The maximum atomic E-state index is 12.1. The van der Waals surface area contributed by atoms with E-state index in [4.69, 9.17) is 0 Å². The number of carbonyl (C=O) groups is 2. The van der Waals surface area contributed by atoms with E-state index in [2.05, 4.69) is 31.3 Å². The molecule has 0 aromatic carbocycles. The molecule has 1 aliphatic carbocycles. The second-order valence-corrected chi connectivity index (χ2v) is 6.25. The van der Waals surface area contributed by atoms with Gasteiger partial charge in [0, 0.05) is 25.3 Å². The van der Waals surface area contributed by atoms with Gasteiger partial charge in [-0.3, -0.25) is 9.59 Å². The van der Waals surface area contributed by atoms with Crippen molar-refractivity contribution in [2.45, 2.75) is 56.8 Å². The minimum atomic E-state index is -4.41. The predicted molar refractivity (Wildman–Crippen MR) is 81.5 cm³/mol. The van der Waals surface area contributed by atoms with Gasteiger partial charge in [0.2, 0.25) is 11.8 Å². The molecule has 1 aromatic rings. The molecule has 1 aromatic heterocycles. The third-order valence-electron chi connectivity index (χ3n) is 4.15. The van der Waals surface area contributed by atoms with E-state index in [1.807, 2.05) is 0 Å². The quantitative estimate of drug-likeness (QED) is 0.465. The van der Waals surface area contributed by atoms with Crippen molar-refractivity contribution in [1.82, 2.24) is 31.3 Å². The summed E-state index contributed by atoms with van der Waals surface area (Å²) in [5.41, 5.74) is 0. The molecule has 0 saturated heterocycles. The Kier molecular flexibility index (Phi) is 6.89. The number of aromatic nitrogens is 4. The summed E-state index contributed by atoms with van der Waals surface area (Å²) < 4.78 is 36.3. The van der Waals surface area contributed by atoms with Crippen LogP contribution in [0.15, 0.2) is 0 Å². The van der Waals surface area contributed by atoms with Crippen LogP contribution in [0.25, 0.3) is 0 Å². The van der Waals surface area contributed by atoms with Gasteiger partial charge in [-0.1, -0.05) is 5.21 Å². The molecule has 1 fully saturated rings. The molecule has 2 rings (SSSR count). The summed E-state index contributed by atoms with van der Waals surface area (Å²) in [6.45, 7) is 0.391. The lowest BCUT2D eigenvalue weighted by Crippen LogP contribution is -2.40. The molecule has 0 aliphatic heterocycles. The fourth-order valence-electron chi connectivity index (χ4n) is 2.81. The number of H-pyrrole nitrogens is 1. The van der Waals surface area contributed by atoms with E-state index in [1.165, 1.54) is 0 Å². The first-order valence-electron chi connectivity index (χ1n) is 8.29. The van der Waals surface area contributed by atoms with Crippen molar-refractivity contribution in [3.05, 3.63) is 5.82 Å². The van der Waals surface area contributed by atoms with Crippen LogP contribution in [-0.2, 0) is 16.0 Å². The molecular weight excluding hydrogens is 357 g/mol. The highest BCUT2D eigenvalue weighted by atomic mass is 19.4. The number of hydrogen-bond acceptors (Lipinski definition) is 6. The number of hydrogen-bond donors (Lipinski definition) is 4. The first kappa shape index (κ1) is 20.1. The highest BCUT2D eigenvalue weighted by Crippen LogP contribution is 2.27. The van der Waals surface area contributed by atoms with Crippen LogP contribution in [0, 0.1) is 5.92 Å². The van der Waals surface area contributed by atoms with Crippen molar-refractivity contribution in [3.8, 4) is 0 Å². The minimum absolute atomic E-state index is 0.154. The largest absolute Gasteiger partial charge is 0.391 e. The zero-order chi connectivity index (χ0) is 19.2. The lowest BCUT2D eigenvalue weighted by Gasteiger charge is -2.16. The van der Waals surface area contributed by atoms with E-state index in [-0.39, 0.29) is 18.7 Å². The normalized spacial score (nSPS) is 23.0. The van der Waals surface area contributed by atoms with Crippen molar-refractivity contribution < 1.29 is 27.9 Å². The highest BCUT2D eigenvalue weighted by molar-refractivity contribution is 5.80. The van der Waals surface area contributed by atoms with Gasteiger partial charge in [0.05, 0.1) is 18.6 Å². The maximum Gasteiger partial charge on any atom is 0.389 e. The molecule has 1 aliphatic rings. The fourth-order valence-corrected chi connectivity index (χ4v) is 2.81. The fraction of sp³-hybridized carbons (Fsp3) is 0.786. The summed E-state index contributed by atoms with van der Waals surface area (Å²) in [6.07, 6.45) is -5.78. The molecular formula is C14H21F3N6O3. The summed E-state index contributed by atoms with van der Waals surface area (Å²) in [5.74, 6) is -1.00. The number of rotatable bonds is 8. The highest BCUT2D eigenvalue weighted by Gasteiger charge is 2.38. The number of tetrazole rings is 1. The molecule has 9 nitrogen and oxygen atoms in total. The first-order valence-corrected chi connectivity index (χ1v) is 8.29. The number of aliphatic hydroxyl groups excluding tert-OH is 1. The maximum absolute atomic E-state index is 12.1. The van der Waals surface area contributed by atoms with Crippen molar-refractivity contribution in [2.75, 3.05) is 6.54 Å². The molecule has 4 N–H and O–H groups in total. The SMILES string of the molecule is O=C(CCC(F)(F)F)N[C@H]1C[C@H](C(=O)NCCCc2nn[nH]n2)C[C@@H]1O. The Labute approximate surface area is 147 Å². The Balaban J connectivity index is 1.67. The Bertz CT molecular complexity index is 595. The van der Waals surface area contributed by atoms with E-state index in [0.29, 0.717) is 25.2 Å². The molecule has 1 heterocycles. The number of nitrogens with one attached hydrogen (secondary N) is 3. The zero-order valence-electron chi connectivity index (χ0n) is 13.9. The third-order valence-corrected chi connectivity index (χ3v) is 4.15. The molecule has 1 saturated carbocycles. The molecule has 0 bridgehead atoms. The number of halogens is 3. The lowest BCUT2D eigenvalue weighted by atomic mass is 10.1. The summed E-state index contributed by atoms with van der Waals surface area (Å²) >= 11 is 0. The van der Waals surface area contributed by atoms with Gasteiger partial charge in [0.25, 0.3) is 0 Å². The summed E-state index contributed by atoms with van der Waals surface area (Å²) in [7, 11) is 0. The van der Waals surface area contributed by atoms with Crippen molar-refractivity contribution in [1.29, 1.82) is 0 Å². The number of amides is 2. The smallest absolute Gasteiger partial charge is 0.389 e. The van der Waals surface area contributed by atoms with Crippen molar-refractivity contribution in [3.63, 3.8) is 0 Å². The average Bonchev–Trinajstić information content (AvgIpc) is 3.19. The van der Waals surface area contributed by atoms with Crippen LogP contribution in [0.1, 0.15) is 37.9 Å². The monoisotopic (exact) mass is 378 g/mol. The Hall–Kier alpha value is -2.24. The molecule has 0 radical (unpaired) electrons. The van der Waals surface area contributed by atoms with Gasteiger partial charge < -0.3 is 15.7 Å². The average molecular weight is 378 g/mol. The number of aliphatic hydroxyl groups is 1. The van der Waals surface area contributed by atoms with Gasteiger partial charge in [-0.05, 0) is 19.3 Å². The summed E-state index contributed by atoms with van der Waals surface area (Å²) in [6, 6.07) is -0.717. The lowest BCUT2D eigenvalue weighted by molar-refractivity contribution is -0.144. The molecule has 2 amide bonds.